The van der Waals surface area contributed by atoms with Gasteiger partial charge in [0.2, 0.25) is 11.2 Å². The number of rotatable bonds is 3. The van der Waals surface area contributed by atoms with E-state index in [1.54, 1.807) is 6.92 Å². The number of ether oxygens (including phenoxy) is 2. The molecule has 116 valence electrons. The van der Waals surface area contributed by atoms with Crippen molar-refractivity contribution in [1.82, 2.24) is 15.0 Å². The number of anilines is 1. The molecule has 0 amide bonds. The van der Waals surface area contributed by atoms with Crippen molar-refractivity contribution in [2.24, 2.45) is 5.92 Å². The van der Waals surface area contributed by atoms with Crippen LogP contribution in [0.25, 0.3) is 0 Å². The summed E-state index contributed by atoms with van der Waals surface area (Å²) in [5.41, 5.74) is 0. The van der Waals surface area contributed by atoms with Gasteiger partial charge in [0.15, 0.2) is 5.79 Å². The second-order valence-electron chi connectivity index (χ2n) is 5.97. The van der Waals surface area contributed by atoms with Gasteiger partial charge in [-0.2, -0.15) is 9.97 Å². The number of nitrogens with one attached hydrogen (secondary N) is 1. The molecule has 0 aromatic carbocycles. The quantitative estimate of drug-likeness (QED) is 0.865. The molecule has 2 N–H and O–H groups in total. The first kappa shape index (κ1) is 14.9. The molecule has 21 heavy (non-hydrogen) atoms. The van der Waals surface area contributed by atoms with Crippen LogP contribution in [-0.2, 0) is 9.47 Å². The molecule has 3 rings (SSSR count). The van der Waals surface area contributed by atoms with Crippen LogP contribution in [0.2, 0.25) is 5.28 Å². The molecule has 0 radical (unpaired) electrons. The van der Waals surface area contributed by atoms with Crippen molar-refractivity contribution in [3.05, 3.63) is 11.1 Å². The third-order valence-corrected chi connectivity index (χ3v) is 4.02. The zero-order valence-corrected chi connectivity index (χ0v) is 13.0. The van der Waals surface area contributed by atoms with Gasteiger partial charge in [0.1, 0.15) is 11.9 Å². The highest BCUT2D eigenvalue weighted by molar-refractivity contribution is 6.28. The molecule has 1 aromatic heterocycles. The number of nitrogens with zero attached hydrogens (tertiary/aromatic N) is 3. The molecular formula is C13H19ClN4O3. The average molecular weight is 315 g/mol. The molecule has 7 nitrogen and oxygen atoms in total. The maximum atomic E-state index is 9.53. The molecule has 8 heteroatoms. The van der Waals surface area contributed by atoms with Gasteiger partial charge in [-0.1, -0.05) is 0 Å². The molecule has 1 aromatic rings. The Morgan fingerprint density at radius 2 is 2.00 bits per heavy atom. The van der Waals surface area contributed by atoms with Crippen molar-refractivity contribution in [2.45, 2.75) is 51.2 Å². The summed E-state index contributed by atoms with van der Waals surface area (Å²) in [6.45, 7) is 5.57. The monoisotopic (exact) mass is 314 g/mol. The lowest BCUT2D eigenvalue weighted by molar-refractivity contribution is -0.158. The van der Waals surface area contributed by atoms with Crippen LogP contribution in [0.3, 0.4) is 0 Å². The third-order valence-electron chi connectivity index (χ3n) is 3.85. The van der Waals surface area contributed by atoms with E-state index in [1.807, 2.05) is 13.8 Å². The molecule has 0 spiro atoms. The molecule has 4 atom stereocenters. The first-order valence-electron chi connectivity index (χ1n) is 6.99. The number of fused-ring (bicyclic) bond motifs is 1. The van der Waals surface area contributed by atoms with Crippen molar-refractivity contribution in [2.75, 3.05) is 11.9 Å². The Morgan fingerprint density at radius 3 is 2.67 bits per heavy atom. The summed E-state index contributed by atoms with van der Waals surface area (Å²) < 4.78 is 11.8. The molecule has 0 bridgehead atoms. The minimum absolute atomic E-state index is 0.0349. The minimum atomic E-state index is -0.643. The number of aliphatic hydroxyl groups is 1. The summed E-state index contributed by atoms with van der Waals surface area (Å²) in [4.78, 5) is 12.2. The lowest BCUT2D eigenvalue weighted by atomic mass is 10.1. The first-order valence-corrected chi connectivity index (χ1v) is 7.37. The van der Waals surface area contributed by atoms with E-state index in [0.29, 0.717) is 11.8 Å². The van der Waals surface area contributed by atoms with E-state index >= 15 is 0 Å². The van der Waals surface area contributed by atoms with Gasteiger partial charge in [0.05, 0.1) is 12.1 Å². The summed E-state index contributed by atoms with van der Waals surface area (Å²) in [6.07, 6.45) is 0.457. The maximum Gasteiger partial charge on any atom is 0.227 e. The number of aliphatic hydroxyl groups excluding tert-OH is 1. The normalized spacial score (nSPS) is 34.0. The molecular weight excluding hydrogens is 296 g/mol. The molecule has 1 saturated heterocycles. The van der Waals surface area contributed by atoms with E-state index in [4.69, 9.17) is 21.1 Å². The van der Waals surface area contributed by atoms with E-state index in [1.165, 1.54) is 0 Å². The highest BCUT2D eigenvalue weighted by Crippen LogP contribution is 2.42. The molecule has 1 saturated carbocycles. The van der Waals surface area contributed by atoms with Gasteiger partial charge in [-0.25, -0.2) is 4.98 Å². The van der Waals surface area contributed by atoms with Crippen molar-refractivity contribution < 1.29 is 14.6 Å². The van der Waals surface area contributed by atoms with Crippen molar-refractivity contribution in [1.29, 1.82) is 0 Å². The van der Waals surface area contributed by atoms with Gasteiger partial charge in [0.25, 0.3) is 0 Å². The third kappa shape index (κ3) is 2.96. The van der Waals surface area contributed by atoms with Gasteiger partial charge in [-0.05, 0) is 38.8 Å². The highest BCUT2D eigenvalue weighted by Gasteiger charge is 2.53. The van der Waals surface area contributed by atoms with Crippen LogP contribution < -0.4 is 5.32 Å². The standard InChI is InChI=1S/C13H19ClN4O3/c1-6-15-11(14)18-12(16-6)17-8-4-7(5-19)9-10(8)21-13(2,3)20-9/h7-10,19H,4-5H2,1-3H3,(H,15,16,17,18)/t7-,8-,9-,10+/m1/s1. The number of hydrogen-bond acceptors (Lipinski definition) is 7. The van der Waals surface area contributed by atoms with Gasteiger partial charge in [-0.3, -0.25) is 0 Å². The zero-order chi connectivity index (χ0) is 15.2. The number of aromatic nitrogens is 3. The SMILES string of the molecule is Cc1nc(Cl)nc(N[C@@H]2C[C@H](CO)[C@H]3OC(C)(C)O[C@H]32)n1. The molecule has 2 fully saturated rings. The average Bonchev–Trinajstić information content (AvgIpc) is 2.82. The first-order chi connectivity index (χ1) is 9.88. The van der Waals surface area contributed by atoms with E-state index in [-0.39, 0.29) is 36.1 Å². The van der Waals surface area contributed by atoms with Crippen LogP contribution in [0.4, 0.5) is 5.95 Å². The number of halogens is 1. The van der Waals surface area contributed by atoms with Crippen LogP contribution in [0, 0.1) is 12.8 Å². The fourth-order valence-electron chi connectivity index (χ4n) is 3.09. The van der Waals surface area contributed by atoms with Crippen molar-refractivity contribution >= 4 is 17.5 Å². The Hall–Kier alpha value is -1.02. The maximum absolute atomic E-state index is 9.53. The summed E-state index contributed by atoms with van der Waals surface area (Å²) in [5.74, 6) is 0.362. The van der Waals surface area contributed by atoms with Crippen LogP contribution in [0.1, 0.15) is 26.1 Å². The largest absolute Gasteiger partial charge is 0.396 e. The van der Waals surface area contributed by atoms with Gasteiger partial charge in [0, 0.05) is 12.5 Å². The predicted octanol–water partition coefficient (Wildman–Crippen LogP) is 1.15. The number of aryl methyl sites for hydroxylation is 1. The fourth-order valence-corrected chi connectivity index (χ4v) is 3.29. The Bertz CT molecular complexity index is 522. The summed E-state index contributed by atoms with van der Waals surface area (Å²) >= 11 is 5.85. The summed E-state index contributed by atoms with van der Waals surface area (Å²) in [6, 6.07) is -0.0354. The van der Waals surface area contributed by atoms with E-state index < -0.39 is 5.79 Å². The summed E-state index contributed by atoms with van der Waals surface area (Å²) in [5, 5.41) is 12.9. The number of hydrogen-bond donors (Lipinski definition) is 2. The smallest absolute Gasteiger partial charge is 0.227 e. The molecule has 0 unspecified atom stereocenters. The van der Waals surface area contributed by atoms with Crippen molar-refractivity contribution in [3.63, 3.8) is 0 Å². The topological polar surface area (TPSA) is 89.4 Å². The Kier molecular flexibility index (Phi) is 3.77. The minimum Gasteiger partial charge on any atom is -0.396 e. The Labute approximate surface area is 128 Å². The zero-order valence-electron chi connectivity index (χ0n) is 12.2. The van der Waals surface area contributed by atoms with E-state index in [2.05, 4.69) is 20.3 Å². The lowest BCUT2D eigenvalue weighted by Gasteiger charge is -2.23. The van der Waals surface area contributed by atoms with Crippen molar-refractivity contribution in [3.8, 4) is 0 Å². The van der Waals surface area contributed by atoms with Gasteiger partial charge >= 0.3 is 0 Å². The lowest BCUT2D eigenvalue weighted by Crippen LogP contribution is -2.35. The van der Waals surface area contributed by atoms with E-state index in [9.17, 15) is 5.11 Å². The Morgan fingerprint density at radius 1 is 1.29 bits per heavy atom. The second-order valence-corrected chi connectivity index (χ2v) is 6.31. The Balaban J connectivity index is 1.79. The van der Waals surface area contributed by atoms with Crippen LogP contribution in [0.5, 0.6) is 0 Å². The molecule has 1 aliphatic heterocycles. The van der Waals surface area contributed by atoms with E-state index in [0.717, 1.165) is 6.42 Å². The summed E-state index contributed by atoms with van der Waals surface area (Å²) in [7, 11) is 0. The molecule has 2 heterocycles. The van der Waals surface area contributed by atoms with Crippen LogP contribution in [0.15, 0.2) is 0 Å². The molecule has 1 aliphatic carbocycles. The van der Waals surface area contributed by atoms with Crippen LogP contribution >= 0.6 is 11.6 Å². The fraction of sp³-hybridized carbons (Fsp3) is 0.769. The second kappa shape index (κ2) is 5.31. The van der Waals surface area contributed by atoms with Crippen LogP contribution in [-0.4, -0.2) is 50.7 Å². The van der Waals surface area contributed by atoms with Gasteiger partial charge < -0.3 is 19.9 Å². The predicted molar refractivity (Wildman–Crippen MR) is 76.0 cm³/mol. The molecule has 2 aliphatic rings. The highest BCUT2D eigenvalue weighted by atomic mass is 35.5. The van der Waals surface area contributed by atoms with Gasteiger partial charge in [-0.15, -0.1) is 0 Å².